The zero-order chi connectivity index (χ0) is 29.5. The third-order valence-corrected chi connectivity index (χ3v) is 6.48. The summed E-state index contributed by atoms with van der Waals surface area (Å²) in [5.41, 5.74) is -0.0343. The van der Waals surface area contributed by atoms with Gasteiger partial charge >= 0.3 is 6.18 Å². The van der Waals surface area contributed by atoms with Crippen molar-refractivity contribution in [2.75, 3.05) is 17.7 Å². The lowest BCUT2D eigenvalue weighted by atomic mass is 10.1. The largest absolute Gasteiger partial charge is 0.497 e. The molecule has 15 heteroatoms. The molecule has 0 unspecified atom stereocenters. The van der Waals surface area contributed by atoms with E-state index in [1.54, 1.807) is 49.8 Å². The van der Waals surface area contributed by atoms with Gasteiger partial charge in [0.1, 0.15) is 17.0 Å². The first-order chi connectivity index (χ1) is 19.5. The number of aryl methyl sites for hydroxylation is 2. The molecule has 0 aliphatic carbocycles. The van der Waals surface area contributed by atoms with E-state index in [1.165, 1.54) is 24.2 Å². The van der Waals surface area contributed by atoms with Crippen molar-refractivity contribution in [1.82, 2.24) is 34.2 Å². The summed E-state index contributed by atoms with van der Waals surface area (Å²) in [7, 11) is 3.19. The van der Waals surface area contributed by atoms with E-state index < -0.39 is 23.7 Å². The lowest BCUT2D eigenvalue weighted by molar-refractivity contribution is -0.142. The van der Waals surface area contributed by atoms with E-state index in [-0.39, 0.29) is 28.3 Å². The van der Waals surface area contributed by atoms with Crippen LogP contribution in [0.1, 0.15) is 39.2 Å². The number of ether oxygens (including phenoxy) is 1. The molecule has 4 heterocycles. The Balaban J connectivity index is 1.53. The van der Waals surface area contributed by atoms with Crippen molar-refractivity contribution >= 4 is 28.8 Å². The van der Waals surface area contributed by atoms with Gasteiger partial charge in [0.2, 0.25) is 0 Å². The number of carbonyl (C=O) groups is 2. The maximum Gasteiger partial charge on any atom is 0.433 e. The normalized spacial score (nSPS) is 11.6. The number of hydrogen-bond acceptors (Lipinski definition) is 7. The predicted molar refractivity (Wildman–Crippen MR) is 142 cm³/mol. The second-order valence-electron chi connectivity index (χ2n) is 8.94. The Morgan fingerprint density at radius 1 is 0.976 bits per heavy atom. The Hall–Kier alpha value is -5.21. The number of nitrogens with one attached hydrogen (secondary N) is 2. The van der Waals surface area contributed by atoms with Crippen molar-refractivity contribution in [1.29, 1.82) is 0 Å². The van der Waals surface area contributed by atoms with Gasteiger partial charge in [-0.25, -0.2) is 9.50 Å². The minimum Gasteiger partial charge on any atom is -0.497 e. The number of anilines is 2. The molecule has 0 saturated carbocycles. The molecule has 0 aliphatic rings. The molecule has 0 radical (unpaired) electrons. The molecule has 2 amide bonds. The van der Waals surface area contributed by atoms with Gasteiger partial charge in [-0.3, -0.25) is 19.0 Å². The van der Waals surface area contributed by atoms with Crippen molar-refractivity contribution in [3.63, 3.8) is 0 Å². The summed E-state index contributed by atoms with van der Waals surface area (Å²) in [5.74, 6) is -0.869. The third-order valence-electron chi connectivity index (χ3n) is 6.48. The van der Waals surface area contributed by atoms with Gasteiger partial charge in [0.15, 0.2) is 11.3 Å². The number of aromatic nitrogens is 7. The van der Waals surface area contributed by atoms with Crippen LogP contribution in [0.5, 0.6) is 5.75 Å². The molecule has 0 atom stereocenters. The molecule has 0 bridgehead atoms. The van der Waals surface area contributed by atoms with Crippen LogP contribution < -0.4 is 15.4 Å². The van der Waals surface area contributed by atoms with Crippen LogP contribution in [0.3, 0.4) is 0 Å². The van der Waals surface area contributed by atoms with Gasteiger partial charge in [0, 0.05) is 19.2 Å². The summed E-state index contributed by atoms with van der Waals surface area (Å²) in [6.45, 7) is 3.85. The number of hydrogen-bond donors (Lipinski definition) is 2. The summed E-state index contributed by atoms with van der Waals surface area (Å²) in [5, 5.41) is 17.4. The van der Waals surface area contributed by atoms with Gasteiger partial charge in [0.25, 0.3) is 11.8 Å². The summed E-state index contributed by atoms with van der Waals surface area (Å²) < 4.78 is 50.7. The van der Waals surface area contributed by atoms with E-state index in [4.69, 9.17) is 4.74 Å². The Morgan fingerprint density at radius 3 is 2.27 bits per heavy atom. The first-order valence-corrected chi connectivity index (χ1v) is 12.3. The fourth-order valence-electron chi connectivity index (χ4n) is 4.18. The van der Waals surface area contributed by atoms with Gasteiger partial charge in [-0.05, 0) is 44.2 Å². The molecule has 2 N–H and O–H groups in total. The fourth-order valence-corrected chi connectivity index (χ4v) is 4.18. The van der Waals surface area contributed by atoms with E-state index in [9.17, 15) is 22.8 Å². The van der Waals surface area contributed by atoms with Crippen LogP contribution in [0, 0.1) is 6.92 Å². The summed E-state index contributed by atoms with van der Waals surface area (Å²) in [6, 6.07) is 7.15. The van der Waals surface area contributed by atoms with E-state index >= 15 is 0 Å². The lowest BCUT2D eigenvalue weighted by Gasteiger charge is -2.12. The first kappa shape index (κ1) is 27.4. The van der Waals surface area contributed by atoms with Crippen LogP contribution in [0.4, 0.5) is 24.5 Å². The van der Waals surface area contributed by atoms with Crippen molar-refractivity contribution in [2.45, 2.75) is 26.6 Å². The highest BCUT2D eigenvalue weighted by atomic mass is 19.4. The van der Waals surface area contributed by atoms with E-state index in [2.05, 4.69) is 30.9 Å². The quantitative estimate of drug-likeness (QED) is 0.301. The van der Waals surface area contributed by atoms with E-state index in [0.717, 1.165) is 12.3 Å². The summed E-state index contributed by atoms with van der Waals surface area (Å²) in [6.07, 6.45) is -1.02. The smallest absolute Gasteiger partial charge is 0.433 e. The minimum atomic E-state index is -4.79. The van der Waals surface area contributed by atoms with Gasteiger partial charge in [-0.15, -0.1) is 0 Å². The third kappa shape index (κ3) is 5.08. The average molecular weight is 568 g/mol. The lowest BCUT2D eigenvalue weighted by Crippen LogP contribution is -2.21. The molecule has 212 valence electrons. The van der Waals surface area contributed by atoms with Crippen LogP contribution >= 0.6 is 0 Å². The number of benzene rings is 1. The van der Waals surface area contributed by atoms with E-state index in [1.807, 2.05) is 0 Å². The van der Waals surface area contributed by atoms with Crippen molar-refractivity contribution < 1.29 is 27.5 Å². The van der Waals surface area contributed by atoms with Crippen LogP contribution in [0.15, 0.2) is 48.9 Å². The van der Waals surface area contributed by atoms with Crippen LogP contribution in [-0.4, -0.2) is 53.1 Å². The number of nitrogens with zero attached hydrogens (tertiary/aromatic N) is 7. The second-order valence-corrected chi connectivity index (χ2v) is 8.94. The molecule has 12 nitrogen and oxygen atoms in total. The van der Waals surface area contributed by atoms with Gasteiger partial charge < -0.3 is 15.4 Å². The fraction of sp³-hybridized carbons (Fsp3) is 0.231. The molecule has 0 aliphatic heterocycles. The number of fused-ring (bicyclic) bond motifs is 1. The number of methoxy groups -OCH3 is 1. The monoisotopic (exact) mass is 567 g/mol. The zero-order valence-electron chi connectivity index (χ0n) is 22.3. The van der Waals surface area contributed by atoms with Gasteiger partial charge in [-0.2, -0.15) is 28.5 Å². The maximum atomic E-state index is 14.0. The van der Waals surface area contributed by atoms with Crippen LogP contribution in [0.25, 0.3) is 16.9 Å². The maximum absolute atomic E-state index is 14.0. The summed E-state index contributed by atoms with van der Waals surface area (Å²) in [4.78, 5) is 30.9. The number of carbonyl (C=O) groups excluding carboxylic acids is 2. The van der Waals surface area contributed by atoms with Crippen LogP contribution in [0.2, 0.25) is 0 Å². The SMILES string of the molecule is CCn1ncc(NC(=O)c2cnn3c(C(F)(F)F)cc(-c4ccc(OC)cc4)nc23)c1C(=O)Nc1cnn(C)c1C. The number of amides is 2. The molecule has 5 aromatic rings. The van der Waals surface area contributed by atoms with Crippen LogP contribution in [-0.2, 0) is 19.8 Å². The van der Waals surface area contributed by atoms with Gasteiger partial charge in [-0.1, -0.05) is 0 Å². The molecular formula is C26H24F3N9O3. The Kier molecular flexibility index (Phi) is 6.94. The minimum absolute atomic E-state index is 0.0206. The molecule has 0 saturated heterocycles. The molecule has 0 fully saturated rings. The number of halogens is 3. The molecule has 41 heavy (non-hydrogen) atoms. The number of rotatable bonds is 7. The van der Waals surface area contributed by atoms with Gasteiger partial charge in [0.05, 0.1) is 48.5 Å². The molecule has 4 aromatic heterocycles. The summed E-state index contributed by atoms with van der Waals surface area (Å²) >= 11 is 0. The Labute approximate surface area is 230 Å². The molecule has 5 rings (SSSR count). The highest BCUT2D eigenvalue weighted by Gasteiger charge is 2.36. The molecule has 1 aromatic carbocycles. The van der Waals surface area contributed by atoms with Crippen molar-refractivity contribution in [2.24, 2.45) is 7.05 Å². The topological polar surface area (TPSA) is 133 Å². The average Bonchev–Trinajstić information content (AvgIpc) is 3.65. The highest BCUT2D eigenvalue weighted by molar-refractivity contribution is 6.13. The first-order valence-electron chi connectivity index (χ1n) is 12.3. The van der Waals surface area contributed by atoms with Crippen molar-refractivity contribution in [3.8, 4) is 17.0 Å². The Bertz CT molecular complexity index is 1770. The molecular weight excluding hydrogens is 543 g/mol. The van der Waals surface area contributed by atoms with E-state index in [0.29, 0.717) is 33.8 Å². The zero-order valence-corrected chi connectivity index (χ0v) is 22.3. The highest BCUT2D eigenvalue weighted by Crippen LogP contribution is 2.33. The number of alkyl halides is 3. The van der Waals surface area contributed by atoms with Crippen molar-refractivity contribution in [3.05, 3.63) is 71.6 Å². The predicted octanol–water partition coefficient (Wildman–Crippen LogP) is 4.19. The molecule has 0 spiro atoms. The standard InChI is InChI=1S/C26H24F3N9O3/c1-5-37-22(25(40)34-19-12-30-36(3)14(19)2)20(13-31-37)35-24(39)17-11-32-38-21(26(27,28)29)10-18(33-23(17)38)15-6-8-16(41-4)9-7-15/h6-13H,5H2,1-4H3,(H,34,40)(H,35,39). The second kappa shape index (κ2) is 10.4. The Morgan fingerprint density at radius 2 is 1.66 bits per heavy atom.